The topological polar surface area (TPSA) is 36.7 Å². The Morgan fingerprint density at radius 2 is 1.88 bits per heavy atom. The molecule has 0 saturated carbocycles. The predicted octanol–water partition coefficient (Wildman–Crippen LogP) is 3.05. The van der Waals surface area contributed by atoms with Crippen LogP contribution in [0.15, 0.2) is 6.07 Å². The summed E-state index contributed by atoms with van der Waals surface area (Å²) in [6, 6.07) is 1.44. The van der Waals surface area contributed by atoms with Gasteiger partial charge in [-0.2, -0.15) is 18.4 Å². The third kappa shape index (κ3) is 2.24. The zero-order valence-corrected chi connectivity index (χ0v) is 7.32. The first kappa shape index (κ1) is 12.3. The lowest BCUT2D eigenvalue weighted by Gasteiger charge is -2.10. The van der Waals surface area contributed by atoms with Gasteiger partial charge in [0.15, 0.2) is 11.5 Å². The second kappa shape index (κ2) is 4.00. The molecule has 0 aromatic carbocycles. The fourth-order valence-electron chi connectivity index (χ4n) is 0.953. The number of alkyl halides is 5. The molecule has 0 unspecified atom stereocenters. The number of rotatable bonds is 1. The van der Waals surface area contributed by atoms with Gasteiger partial charge < -0.3 is 0 Å². The van der Waals surface area contributed by atoms with Crippen molar-refractivity contribution in [3.05, 3.63) is 28.8 Å². The molecule has 0 amide bonds. The van der Waals surface area contributed by atoms with E-state index in [-0.39, 0.29) is 6.07 Å². The molecule has 1 aromatic heterocycles. The SMILES string of the molecule is N#Cc1cc(C(F)F)c(F)c(C(F)(F)F)n1. The number of nitriles is 1. The fourth-order valence-corrected chi connectivity index (χ4v) is 0.953. The molecule has 0 saturated heterocycles. The van der Waals surface area contributed by atoms with Gasteiger partial charge in [-0.3, -0.25) is 0 Å². The van der Waals surface area contributed by atoms with Crippen molar-refractivity contribution in [3.63, 3.8) is 0 Å². The van der Waals surface area contributed by atoms with Crippen molar-refractivity contribution in [2.24, 2.45) is 0 Å². The smallest absolute Gasteiger partial charge is 0.230 e. The largest absolute Gasteiger partial charge is 0.436 e. The second-order valence-corrected chi connectivity index (χ2v) is 2.67. The zero-order valence-electron chi connectivity index (χ0n) is 7.32. The number of nitrogens with zero attached hydrogens (tertiary/aromatic N) is 2. The molecule has 86 valence electrons. The van der Waals surface area contributed by atoms with Crippen LogP contribution in [0.25, 0.3) is 0 Å². The molecule has 0 aliphatic rings. The van der Waals surface area contributed by atoms with Crippen LogP contribution in [0, 0.1) is 17.1 Å². The van der Waals surface area contributed by atoms with Crippen LogP contribution in [0.2, 0.25) is 0 Å². The van der Waals surface area contributed by atoms with Crippen molar-refractivity contribution in [1.82, 2.24) is 4.98 Å². The van der Waals surface area contributed by atoms with Crippen LogP contribution < -0.4 is 0 Å². The van der Waals surface area contributed by atoms with Gasteiger partial charge in [0.2, 0.25) is 0 Å². The van der Waals surface area contributed by atoms with Crippen LogP contribution in [0.4, 0.5) is 26.3 Å². The Bertz CT molecular complexity index is 445. The van der Waals surface area contributed by atoms with Crippen LogP contribution >= 0.6 is 0 Å². The maximum absolute atomic E-state index is 13.0. The number of pyridine rings is 1. The maximum atomic E-state index is 13.0. The Hall–Kier alpha value is -1.78. The summed E-state index contributed by atoms with van der Waals surface area (Å²) < 4.78 is 73.8. The molecule has 0 radical (unpaired) electrons. The minimum Gasteiger partial charge on any atom is -0.230 e. The third-order valence-corrected chi connectivity index (χ3v) is 1.60. The van der Waals surface area contributed by atoms with Gasteiger partial charge in [-0.05, 0) is 6.07 Å². The van der Waals surface area contributed by atoms with Crippen molar-refractivity contribution >= 4 is 0 Å². The summed E-state index contributed by atoms with van der Waals surface area (Å²) in [6.07, 6.45) is -8.67. The van der Waals surface area contributed by atoms with Crippen LogP contribution in [0.1, 0.15) is 23.4 Å². The fraction of sp³-hybridized carbons (Fsp3) is 0.250. The summed E-state index contributed by atoms with van der Waals surface area (Å²) in [5.74, 6) is -2.15. The summed E-state index contributed by atoms with van der Waals surface area (Å²) >= 11 is 0. The van der Waals surface area contributed by atoms with Gasteiger partial charge in [-0.15, -0.1) is 0 Å². The molecule has 0 aliphatic carbocycles. The molecular formula is C8H2F6N2. The van der Waals surface area contributed by atoms with Crippen molar-refractivity contribution in [2.75, 3.05) is 0 Å². The van der Waals surface area contributed by atoms with Gasteiger partial charge in [0.05, 0.1) is 5.56 Å². The van der Waals surface area contributed by atoms with Gasteiger partial charge in [-0.1, -0.05) is 0 Å². The Kier molecular flexibility index (Phi) is 3.07. The number of halogens is 6. The normalized spacial score (nSPS) is 11.6. The van der Waals surface area contributed by atoms with Crippen LogP contribution in [-0.2, 0) is 6.18 Å². The molecule has 2 nitrogen and oxygen atoms in total. The molecule has 8 heteroatoms. The third-order valence-electron chi connectivity index (χ3n) is 1.60. The predicted molar refractivity (Wildman–Crippen MR) is 38.9 cm³/mol. The van der Waals surface area contributed by atoms with E-state index < -0.39 is 35.4 Å². The molecule has 0 bridgehead atoms. The Morgan fingerprint density at radius 1 is 1.31 bits per heavy atom. The molecule has 1 rings (SSSR count). The minimum absolute atomic E-state index is 0.287. The number of aromatic nitrogens is 1. The molecule has 1 heterocycles. The molecule has 16 heavy (non-hydrogen) atoms. The molecule has 1 aromatic rings. The Morgan fingerprint density at radius 3 is 2.25 bits per heavy atom. The lowest BCUT2D eigenvalue weighted by atomic mass is 10.1. The second-order valence-electron chi connectivity index (χ2n) is 2.67. The zero-order chi connectivity index (χ0) is 12.5. The molecule has 0 atom stereocenters. The summed E-state index contributed by atoms with van der Waals surface area (Å²) in [4.78, 5) is 2.61. The van der Waals surface area contributed by atoms with E-state index in [0.29, 0.717) is 0 Å². The lowest BCUT2D eigenvalue weighted by Crippen LogP contribution is -2.14. The average molecular weight is 240 g/mol. The molecule has 0 aliphatic heterocycles. The first-order valence-corrected chi connectivity index (χ1v) is 3.73. The van der Waals surface area contributed by atoms with E-state index in [9.17, 15) is 26.3 Å². The molecule has 0 N–H and O–H groups in total. The highest BCUT2D eigenvalue weighted by Gasteiger charge is 2.38. The molecular weight excluding hydrogens is 238 g/mol. The average Bonchev–Trinajstić information content (AvgIpc) is 2.15. The van der Waals surface area contributed by atoms with E-state index in [1.54, 1.807) is 0 Å². The van der Waals surface area contributed by atoms with Gasteiger partial charge in [0, 0.05) is 0 Å². The van der Waals surface area contributed by atoms with Crippen molar-refractivity contribution in [2.45, 2.75) is 12.6 Å². The summed E-state index contributed by atoms with van der Waals surface area (Å²) in [7, 11) is 0. The number of hydrogen-bond donors (Lipinski definition) is 0. The van der Waals surface area contributed by atoms with Gasteiger partial charge in [-0.25, -0.2) is 18.2 Å². The van der Waals surface area contributed by atoms with Gasteiger partial charge >= 0.3 is 6.18 Å². The van der Waals surface area contributed by atoms with Crippen molar-refractivity contribution < 1.29 is 26.3 Å². The van der Waals surface area contributed by atoms with E-state index in [2.05, 4.69) is 4.98 Å². The highest BCUT2D eigenvalue weighted by molar-refractivity contribution is 5.32. The summed E-state index contributed by atoms with van der Waals surface area (Å²) in [6.45, 7) is 0. The van der Waals surface area contributed by atoms with Crippen LogP contribution in [0.5, 0.6) is 0 Å². The minimum atomic E-state index is -5.22. The van der Waals surface area contributed by atoms with Crippen LogP contribution in [0.3, 0.4) is 0 Å². The standard InChI is InChI=1S/C8H2F6N2/c9-5-4(7(10)11)1-3(2-15)16-6(5)8(12,13)14/h1,7H. The first-order valence-electron chi connectivity index (χ1n) is 3.73. The molecule has 0 spiro atoms. The van der Waals surface area contributed by atoms with E-state index in [4.69, 9.17) is 5.26 Å². The van der Waals surface area contributed by atoms with E-state index in [1.807, 2.05) is 0 Å². The van der Waals surface area contributed by atoms with Crippen molar-refractivity contribution in [1.29, 1.82) is 5.26 Å². The van der Waals surface area contributed by atoms with E-state index in [1.165, 1.54) is 0 Å². The maximum Gasteiger partial charge on any atom is 0.436 e. The highest BCUT2D eigenvalue weighted by atomic mass is 19.4. The first-order chi connectivity index (χ1) is 7.27. The Balaban J connectivity index is 3.52. The highest BCUT2D eigenvalue weighted by Crippen LogP contribution is 2.34. The lowest BCUT2D eigenvalue weighted by molar-refractivity contribution is -0.144. The molecule has 0 fully saturated rings. The van der Waals surface area contributed by atoms with Crippen LogP contribution in [-0.4, -0.2) is 4.98 Å². The van der Waals surface area contributed by atoms with E-state index >= 15 is 0 Å². The summed E-state index contributed by atoms with van der Waals surface area (Å²) in [5.41, 5.74) is -4.51. The Labute approximate surface area is 85.1 Å². The monoisotopic (exact) mass is 240 g/mol. The number of hydrogen-bond acceptors (Lipinski definition) is 2. The quantitative estimate of drug-likeness (QED) is 0.707. The van der Waals surface area contributed by atoms with Crippen molar-refractivity contribution in [3.8, 4) is 6.07 Å². The van der Waals surface area contributed by atoms with E-state index in [0.717, 1.165) is 6.07 Å². The van der Waals surface area contributed by atoms with Gasteiger partial charge in [0.1, 0.15) is 11.8 Å². The van der Waals surface area contributed by atoms with Gasteiger partial charge in [0.25, 0.3) is 6.43 Å². The summed E-state index contributed by atoms with van der Waals surface area (Å²) in [5, 5.41) is 8.28.